The van der Waals surface area contributed by atoms with Crippen LogP contribution in [0.4, 0.5) is 9.80 Å². The molecule has 19 heavy (non-hydrogen) atoms. The topological polar surface area (TPSA) is 113 Å². The van der Waals surface area contributed by atoms with Gasteiger partial charge in [-0.25, -0.2) is 18.0 Å². The highest BCUT2D eigenvalue weighted by Gasteiger charge is 2.13. The molecule has 1 heterocycles. The van der Waals surface area contributed by atoms with Gasteiger partial charge in [0, 0.05) is 12.8 Å². The van der Waals surface area contributed by atoms with Crippen LogP contribution in [0.1, 0.15) is 16.8 Å². The lowest BCUT2D eigenvalue weighted by Crippen LogP contribution is -2.30. The number of carboxylic acid groups (broad SMARTS) is 1. The van der Waals surface area contributed by atoms with E-state index >= 15 is 0 Å². The first-order chi connectivity index (χ1) is 8.79. The van der Waals surface area contributed by atoms with E-state index in [-0.39, 0.29) is 22.9 Å². The lowest BCUT2D eigenvalue weighted by atomic mass is 10.3. The van der Waals surface area contributed by atoms with Crippen molar-refractivity contribution in [2.75, 3.05) is 23.9 Å². The average Bonchev–Trinajstić information content (AvgIpc) is 2.71. The summed E-state index contributed by atoms with van der Waals surface area (Å²) in [5.74, 6) is -1.12. The van der Waals surface area contributed by atoms with Crippen LogP contribution in [-0.4, -0.2) is 44.1 Å². The van der Waals surface area contributed by atoms with Crippen LogP contribution in [0.5, 0.6) is 0 Å². The number of rotatable bonds is 6. The summed E-state index contributed by atoms with van der Waals surface area (Å²) in [6, 6.07) is 0.838. The Balaban J connectivity index is 2.39. The minimum absolute atomic E-state index is 0.00728. The first kappa shape index (κ1) is 15.4. The average molecular weight is 306 g/mol. The fourth-order valence-corrected chi connectivity index (χ4v) is 2.70. The minimum atomic E-state index is -3.04. The Morgan fingerprint density at radius 1 is 1.42 bits per heavy atom. The molecule has 0 bridgehead atoms. The smallest absolute Gasteiger partial charge is 0.338 e. The van der Waals surface area contributed by atoms with Gasteiger partial charge in [0.25, 0.3) is 0 Å². The van der Waals surface area contributed by atoms with Crippen molar-refractivity contribution in [2.45, 2.75) is 6.42 Å². The van der Waals surface area contributed by atoms with E-state index in [1.165, 1.54) is 6.07 Å². The molecule has 1 aromatic heterocycles. The summed E-state index contributed by atoms with van der Waals surface area (Å²) in [5, 5.41) is 15.5. The van der Waals surface area contributed by atoms with Crippen molar-refractivity contribution in [3.8, 4) is 0 Å². The summed E-state index contributed by atoms with van der Waals surface area (Å²) in [5.41, 5.74) is 0.0243. The van der Waals surface area contributed by atoms with Crippen LogP contribution in [0.25, 0.3) is 0 Å². The quantitative estimate of drug-likeness (QED) is 0.679. The molecule has 0 aliphatic rings. The number of hydrogen-bond donors (Lipinski definition) is 3. The maximum Gasteiger partial charge on any atom is 0.338 e. The number of carbonyl (C=O) groups is 2. The van der Waals surface area contributed by atoms with Crippen LogP contribution < -0.4 is 10.6 Å². The Bertz CT molecular complexity index is 564. The van der Waals surface area contributed by atoms with Gasteiger partial charge in [-0.15, -0.1) is 11.3 Å². The van der Waals surface area contributed by atoms with Crippen molar-refractivity contribution in [3.05, 3.63) is 17.0 Å². The molecule has 0 unspecified atom stereocenters. The highest BCUT2D eigenvalue weighted by Crippen LogP contribution is 2.22. The zero-order valence-electron chi connectivity index (χ0n) is 10.2. The van der Waals surface area contributed by atoms with Crippen molar-refractivity contribution in [3.63, 3.8) is 0 Å². The second-order valence-corrected chi connectivity index (χ2v) is 7.01. The van der Waals surface area contributed by atoms with E-state index in [2.05, 4.69) is 10.6 Å². The molecule has 1 aromatic rings. The van der Waals surface area contributed by atoms with E-state index in [0.717, 1.165) is 17.6 Å². The molecule has 0 spiro atoms. The van der Waals surface area contributed by atoms with E-state index in [9.17, 15) is 18.0 Å². The van der Waals surface area contributed by atoms with Gasteiger partial charge in [0.05, 0.1) is 11.3 Å². The molecule has 0 radical (unpaired) electrons. The second-order valence-electron chi connectivity index (χ2n) is 3.83. The molecule has 7 nitrogen and oxygen atoms in total. The zero-order chi connectivity index (χ0) is 14.5. The van der Waals surface area contributed by atoms with E-state index < -0.39 is 21.8 Å². The Labute approximate surface area is 114 Å². The monoisotopic (exact) mass is 306 g/mol. The maximum absolute atomic E-state index is 11.5. The van der Waals surface area contributed by atoms with Gasteiger partial charge in [0.2, 0.25) is 0 Å². The van der Waals surface area contributed by atoms with Gasteiger partial charge < -0.3 is 10.4 Å². The number of carboxylic acids is 1. The van der Waals surface area contributed by atoms with Crippen LogP contribution in [0.3, 0.4) is 0 Å². The van der Waals surface area contributed by atoms with Gasteiger partial charge in [0.1, 0.15) is 14.8 Å². The van der Waals surface area contributed by atoms with Gasteiger partial charge in [-0.2, -0.15) is 0 Å². The minimum Gasteiger partial charge on any atom is -0.478 e. The molecule has 0 fully saturated rings. The molecule has 2 amide bonds. The normalized spacial score (nSPS) is 11.0. The van der Waals surface area contributed by atoms with Crippen LogP contribution >= 0.6 is 11.3 Å². The Morgan fingerprint density at radius 2 is 2.11 bits per heavy atom. The number of sulfone groups is 1. The van der Waals surface area contributed by atoms with E-state index in [1.807, 2.05) is 0 Å². The van der Waals surface area contributed by atoms with Crippen molar-refractivity contribution in [1.29, 1.82) is 0 Å². The number of hydrogen-bond acceptors (Lipinski definition) is 5. The molecule has 3 N–H and O–H groups in total. The molecule has 1 rings (SSSR count). The molecule has 0 atom stereocenters. The van der Waals surface area contributed by atoms with E-state index in [1.54, 1.807) is 5.38 Å². The molecule has 9 heteroatoms. The predicted octanol–water partition coefficient (Wildman–Crippen LogP) is 1.00. The van der Waals surface area contributed by atoms with Gasteiger partial charge >= 0.3 is 12.0 Å². The predicted molar refractivity (Wildman–Crippen MR) is 72.6 cm³/mol. The summed E-state index contributed by atoms with van der Waals surface area (Å²) in [6.45, 7) is 0.201. The fourth-order valence-electron chi connectivity index (χ4n) is 1.26. The van der Waals surface area contributed by atoms with Crippen LogP contribution in [0.2, 0.25) is 0 Å². The van der Waals surface area contributed by atoms with Gasteiger partial charge in [-0.05, 0) is 17.9 Å². The second kappa shape index (κ2) is 6.53. The Kier molecular flexibility index (Phi) is 5.31. The third kappa shape index (κ3) is 5.71. The Morgan fingerprint density at radius 3 is 2.68 bits per heavy atom. The number of anilines is 1. The number of aromatic carboxylic acids is 1. The largest absolute Gasteiger partial charge is 0.478 e. The molecular weight excluding hydrogens is 292 g/mol. The first-order valence-electron chi connectivity index (χ1n) is 5.33. The number of urea groups is 1. The summed E-state index contributed by atoms with van der Waals surface area (Å²) in [7, 11) is -3.04. The molecule has 106 valence electrons. The van der Waals surface area contributed by atoms with Crippen molar-refractivity contribution in [1.82, 2.24) is 5.32 Å². The number of nitrogens with one attached hydrogen (secondary N) is 2. The van der Waals surface area contributed by atoms with Gasteiger partial charge in [-0.1, -0.05) is 0 Å². The van der Waals surface area contributed by atoms with Gasteiger partial charge in [0.15, 0.2) is 0 Å². The van der Waals surface area contributed by atoms with Crippen LogP contribution in [0.15, 0.2) is 11.4 Å². The summed E-state index contributed by atoms with van der Waals surface area (Å²) >= 11 is 1.10. The number of carbonyl (C=O) groups excluding carboxylic acids is 1. The third-order valence-corrected chi connectivity index (χ3v) is 3.96. The standard InChI is InChI=1S/C10H14N2O5S2/c1-19(16,17)6-2-4-11-10(15)12-8-7(9(13)14)3-5-18-8/h3,5H,2,4,6H2,1H3,(H,13,14)(H2,11,12,15). The molecule has 0 aliphatic carbocycles. The summed E-state index contributed by atoms with van der Waals surface area (Å²) in [6.07, 6.45) is 1.43. The fraction of sp³-hybridized carbons (Fsp3) is 0.400. The van der Waals surface area contributed by atoms with Crippen LogP contribution in [0, 0.1) is 0 Å². The van der Waals surface area contributed by atoms with Crippen LogP contribution in [-0.2, 0) is 9.84 Å². The maximum atomic E-state index is 11.5. The molecule has 0 saturated heterocycles. The SMILES string of the molecule is CS(=O)(=O)CCCNC(=O)Nc1sccc1C(=O)O. The lowest BCUT2D eigenvalue weighted by molar-refractivity contribution is 0.0698. The Hall–Kier alpha value is -1.61. The highest BCUT2D eigenvalue weighted by atomic mass is 32.2. The zero-order valence-corrected chi connectivity index (χ0v) is 11.8. The molecular formula is C10H14N2O5S2. The molecule has 0 saturated carbocycles. The lowest BCUT2D eigenvalue weighted by Gasteiger charge is -2.06. The van der Waals surface area contributed by atoms with Gasteiger partial charge in [-0.3, -0.25) is 5.32 Å². The molecule has 0 aromatic carbocycles. The van der Waals surface area contributed by atoms with E-state index in [0.29, 0.717) is 6.42 Å². The van der Waals surface area contributed by atoms with Crippen molar-refractivity contribution >= 4 is 38.2 Å². The number of amides is 2. The van der Waals surface area contributed by atoms with Crippen molar-refractivity contribution in [2.24, 2.45) is 0 Å². The van der Waals surface area contributed by atoms with E-state index in [4.69, 9.17) is 5.11 Å². The summed E-state index contributed by atoms with van der Waals surface area (Å²) in [4.78, 5) is 22.3. The first-order valence-corrected chi connectivity index (χ1v) is 8.27. The molecule has 0 aliphatic heterocycles. The highest BCUT2D eigenvalue weighted by molar-refractivity contribution is 7.90. The summed E-state index contributed by atoms with van der Waals surface area (Å²) < 4.78 is 21.7. The number of thiophene rings is 1. The van der Waals surface area contributed by atoms with Crippen molar-refractivity contribution < 1.29 is 23.1 Å². The third-order valence-electron chi connectivity index (χ3n) is 2.10.